The lowest BCUT2D eigenvalue weighted by atomic mass is 9.85. The number of hydrogen-bond donors (Lipinski definition) is 1. The summed E-state index contributed by atoms with van der Waals surface area (Å²) in [6.45, 7) is 5.01. The van der Waals surface area contributed by atoms with Crippen LogP contribution in [0.4, 0.5) is 0 Å². The minimum absolute atomic E-state index is 0.142. The summed E-state index contributed by atoms with van der Waals surface area (Å²) < 4.78 is 1.17. The molecule has 1 amide bonds. The molecule has 0 aromatic carbocycles. The molecule has 0 aliphatic carbocycles. The fourth-order valence-electron chi connectivity index (χ4n) is 4.17. The van der Waals surface area contributed by atoms with Crippen molar-refractivity contribution in [3.8, 4) is 0 Å². The number of fused-ring (bicyclic) bond motifs is 1. The molecule has 0 atom stereocenters. The van der Waals surface area contributed by atoms with E-state index in [2.05, 4.69) is 39.2 Å². The first kappa shape index (κ1) is 16.1. The predicted octanol–water partition coefficient (Wildman–Crippen LogP) is 2.47. The van der Waals surface area contributed by atoms with Crippen LogP contribution < -0.4 is 0 Å². The lowest BCUT2D eigenvalue weighted by Gasteiger charge is -2.47. The summed E-state index contributed by atoms with van der Waals surface area (Å²) in [4.78, 5) is 23.4. The van der Waals surface area contributed by atoms with E-state index < -0.39 is 0 Å². The van der Waals surface area contributed by atoms with Gasteiger partial charge in [-0.05, 0) is 64.0 Å². The number of hydrogen-bond acceptors (Lipinski definition) is 4. The molecule has 4 rings (SSSR count). The summed E-state index contributed by atoms with van der Waals surface area (Å²) in [5.41, 5.74) is 1.96. The van der Waals surface area contributed by atoms with Gasteiger partial charge in [0.1, 0.15) is 5.69 Å². The number of carbonyl (C=O) groups excluding carboxylic acids is 1. The van der Waals surface area contributed by atoms with Crippen LogP contribution in [-0.4, -0.2) is 77.9 Å². The first-order chi connectivity index (χ1) is 11.6. The van der Waals surface area contributed by atoms with Gasteiger partial charge in [-0.15, -0.1) is 11.3 Å². The van der Waals surface area contributed by atoms with Crippen LogP contribution in [0.1, 0.15) is 29.8 Å². The fourth-order valence-corrected chi connectivity index (χ4v) is 4.96. The Morgan fingerprint density at radius 1 is 1.21 bits per heavy atom. The lowest BCUT2D eigenvalue weighted by Crippen LogP contribution is -2.58. The number of nitrogens with one attached hydrogen (secondary N) is 1. The van der Waals surface area contributed by atoms with E-state index in [0.717, 1.165) is 63.2 Å². The molecule has 0 radical (unpaired) electrons. The largest absolute Gasteiger partial charge is 0.350 e. The Hall–Kier alpha value is -1.37. The van der Waals surface area contributed by atoms with Gasteiger partial charge in [-0.25, -0.2) is 0 Å². The first-order valence-electron chi connectivity index (χ1n) is 8.83. The summed E-state index contributed by atoms with van der Waals surface area (Å²) in [5.74, 6) is 0.159. The number of aromatic amines is 1. The summed E-state index contributed by atoms with van der Waals surface area (Å²) in [7, 11) is 4.43. The van der Waals surface area contributed by atoms with Gasteiger partial charge >= 0.3 is 0 Å². The molecule has 0 bridgehead atoms. The quantitative estimate of drug-likeness (QED) is 0.863. The molecule has 2 fully saturated rings. The van der Waals surface area contributed by atoms with Gasteiger partial charge in [0.05, 0.1) is 10.2 Å². The van der Waals surface area contributed by atoms with E-state index in [9.17, 15) is 4.79 Å². The van der Waals surface area contributed by atoms with Crippen molar-refractivity contribution in [3.63, 3.8) is 0 Å². The molecule has 24 heavy (non-hydrogen) atoms. The van der Waals surface area contributed by atoms with Gasteiger partial charge in [0.15, 0.2) is 0 Å². The molecular weight excluding hydrogens is 320 g/mol. The Bertz CT molecular complexity index is 700. The number of amides is 1. The molecular formula is C18H26N4OS. The number of H-pyrrole nitrogens is 1. The fraction of sp³-hybridized carbons (Fsp3) is 0.611. The van der Waals surface area contributed by atoms with Crippen LogP contribution in [0, 0.1) is 0 Å². The zero-order chi connectivity index (χ0) is 16.7. The van der Waals surface area contributed by atoms with Gasteiger partial charge in [-0.2, -0.15) is 0 Å². The number of likely N-dealkylation sites (tertiary alicyclic amines) is 1. The molecule has 2 aromatic rings. The molecule has 1 N–H and O–H groups in total. The van der Waals surface area contributed by atoms with E-state index in [1.807, 2.05) is 12.1 Å². The molecule has 1 spiro atoms. The highest BCUT2D eigenvalue weighted by Gasteiger charge is 2.41. The van der Waals surface area contributed by atoms with Crippen LogP contribution in [0.5, 0.6) is 0 Å². The Kier molecular flexibility index (Phi) is 4.14. The second kappa shape index (κ2) is 6.17. The Morgan fingerprint density at radius 2 is 2.00 bits per heavy atom. The minimum Gasteiger partial charge on any atom is -0.350 e. The van der Waals surface area contributed by atoms with Crippen LogP contribution in [0.25, 0.3) is 10.2 Å². The van der Waals surface area contributed by atoms with Gasteiger partial charge < -0.3 is 14.8 Å². The van der Waals surface area contributed by atoms with Crippen molar-refractivity contribution in [2.75, 3.05) is 46.8 Å². The first-order valence-corrected chi connectivity index (χ1v) is 9.71. The normalized spacial score (nSPS) is 23.0. The third-order valence-electron chi connectivity index (χ3n) is 5.89. The number of likely N-dealkylation sites (N-methyl/N-ethyl adjacent to an activating group) is 1. The number of carbonyl (C=O) groups is 1. The average Bonchev–Trinajstić information content (AvgIpc) is 3.13. The zero-order valence-corrected chi connectivity index (χ0v) is 15.4. The molecule has 2 aliphatic heterocycles. The molecule has 2 aliphatic rings. The molecule has 6 heteroatoms. The van der Waals surface area contributed by atoms with Crippen molar-refractivity contribution in [1.29, 1.82) is 0 Å². The summed E-state index contributed by atoms with van der Waals surface area (Å²) >= 11 is 1.68. The van der Waals surface area contributed by atoms with E-state index >= 15 is 0 Å². The van der Waals surface area contributed by atoms with Crippen molar-refractivity contribution < 1.29 is 4.79 Å². The topological polar surface area (TPSA) is 42.6 Å². The molecule has 2 aromatic heterocycles. The standard InChI is InChI=1S/C18H26N4OS/c1-20-9-5-18(6-10-20)13-22(8-3-7-21(18)2)17(23)15-12-16-14(19-15)4-11-24-16/h4,11-12,19H,3,5-10,13H2,1-2H3. The molecule has 4 heterocycles. The average molecular weight is 347 g/mol. The smallest absolute Gasteiger partial charge is 0.270 e. The molecule has 0 saturated carbocycles. The van der Waals surface area contributed by atoms with Crippen LogP contribution in [0.15, 0.2) is 17.5 Å². The zero-order valence-electron chi connectivity index (χ0n) is 14.5. The Labute approximate surface area is 147 Å². The van der Waals surface area contributed by atoms with Crippen LogP contribution in [-0.2, 0) is 0 Å². The summed E-state index contributed by atoms with van der Waals surface area (Å²) in [6.07, 6.45) is 3.34. The predicted molar refractivity (Wildman–Crippen MR) is 98.8 cm³/mol. The monoisotopic (exact) mass is 346 g/mol. The second-order valence-corrected chi connectivity index (χ2v) is 8.36. The van der Waals surface area contributed by atoms with Gasteiger partial charge in [0.25, 0.3) is 5.91 Å². The van der Waals surface area contributed by atoms with Gasteiger partial charge in [0, 0.05) is 25.2 Å². The maximum atomic E-state index is 13.1. The molecule has 130 valence electrons. The maximum absolute atomic E-state index is 13.1. The lowest BCUT2D eigenvalue weighted by molar-refractivity contribution is 0.0315. The minimum atomic E-state index is 0.142. The van der Waals surface area contributed by atoms with Crippen molar-refractivity contribution in [2.24, 2.45) is 0 Å². The third kappa shape index (κ3) is 2.76. The maximum Gasteiger partial charge on any atom is 0.270 e. The van der Waals surface area contributed by atoms with E-state index in [4.69, 9.17) is 0 Å². The van der Waals surface area contributed by atoms with E-state index in [-0.39, 0.29) is 11.4 Å². The Morgan fingerprint density at radius 3 is 2.75 bits per heavy atom. The number of thiophene rings is 1. The van der Waals surface area contributed by atoms with E-state index in [1.54, 1.807) is 11.3 Å². The van der Waals surface area contributed by atoms with Gasteiger partial charge in [-0.1, -0.05) is 0 Å². The Balaban J connectivity index is 1.57. The van der Waals surface area contributed by atoms with Gasteiger partial charge in [0.2, 0.25) is 0 Å². The van der Waals surface area contributed by atoms with E-state index in [1.165, 1.54) is 4.70 Å². The highest BCUT2D eigenvalue weighted by molar-refractivity contribution is 7.17. The van der Waals surface area contributed by atoms with Crippen LogP contribution in [0.3, 0.4) is 0 Å². The highest BCUT2D eigenvalue weighted by atomic mass is 32.1. The molecule has 5 nitrogen and oxygen atoms in total. The number of nitrogens with zero attached hydrogens (tertiary/aromatic N) is 3. The van der Waals surface area contributed by atoms with Crippen LogP contribution >= 0.6 is 11.3 Å². The summed E-state index contributed by atoms with van der Waals surface area (Å²) in [5, 5.41) is 2.06. The highest BCUT2D eigenvalue weighted by Crippen LogP contribution is 2.31. The van der Waals surface area contributed by atoms with Crippen molar-refractivity contribution in [2.45, 2.75) is 24.8 Å². The number of aromatic nitrogens is 1. The summed E-state index contributed by atoms with van der Waals surface area (Å²) in [6, 6.07) is 4.06. The van der Waals surface area contributed by atoms with Crippen LogP contribution in [0.2, 0.25) is 0 Å². The van der Waals surface area contributed by atoms with Crippen molar-refractivity contribution in [3.05, 3.63) is 23.2 Å². The third-order valence-corrected chi connectivity index (χ3v) is 6.76. The molecule has 0 unspecified atom stereocenters. The van der Waals surface area contributed by atoms with Crippen molar-refractivity contribution >= 4 is 27.5 Å². The van der Waals surface area contributed by atoms with Gasteiger partial charge in [-0.3, -0.25) is 9.69 Å². The second-order valence-electron chi connectivity index (χ2n) is 7.41. The SMILES string of the molecule is CN1CCC2(CC1)CN(C(=O)c1cc3sccc3[nH]1)CCCN2C. The van der Waals surface area contributed by atoms with E-state index in [0.29, 0.717) is 0 Å². The molecule has 2 saturated heterocycles. The number of rotatable bonds is 1. The van der Waals surface area contributed by atoms with Crippen molar-refractivity contribution in [1.82, 2.24) is 19.7 Å². The number of piperidine rings is 1.